The second kappa shape index (κ2) is 12.2. The van der Waals surface area contributed by atoms with Gasteiger partial charge in [-0.3, -0.25) is 9.59 Å². The number of carbonyl (C=O) groups excluding carboxylic acids is 2. The molecule has 0 aliphatic rings. The van der Waals surface area contributed by atoms with E-state index in [-0.39, 0.29) is 18.4 Å². The van der Waals surface area contributed by atoms with E-state index in [9.17, 15) is 9.59 Å². The van der Waals surface area contributed by atoms with E-state index in [0.717, 1.165) is 21.2 Å². The van der Waals surface area contributed by atoms with Crippen molar-refractivity contribution in [2.75, 3.05) is 13.2 Å². The van der Waals surface area contributed by atoms with Crippen LogP contribution in [-0.4, -0.2) is 35.9 Å². The predicted octanol–water partition coefficient (Wildman–Crippen LogP) is 4.91. The van der Waals surface area contributed by atoms with E-state index in [2.05, 4.69) is 21.2 Å². The summed E-state index contributed by atoms with van der Waals surface area (Å²) in [5, 5.41) is 2.90. The van der Waals surface area contributed by atoms with Gasteiger partial charge in [0.25, 0.3) is 5.91 Å². The summed E-state index contributed by atoms with van der Waals surface area (Å²) in [5.41, 5.74) is 2.96. The van der Waals surface area contributed by atoms with Gasteiger partial charge in [0.2, 0.25) is 5.91 Å². The minimum absolute atomic E-state index is 0.154. The SMILES string of the molecule is CCNC(=O)[C@H](Cc1ccccc1)N(Cc1ccccc1)C(=O)COc1ccc(Br)c(C)c1. The molecule has 0 radical (unpaired) electrons. The summed E-state index contributed by atoms with van der Waals surface area (Å²) in [5.74, 6) is 0.193. The van der Waals surface area contributed by atoms with Crippen LogP contribution in [0.2, 0.25) is 0 Å². The molecule has 0 unspecified atom stereocenters. The molecule has 3 rings (SSSR count). The Morgan fingerprint density at radius 1 is 0.970 bits per heavy atom. The zero-order valence-corrected chi connectivity index (χ0v) is 20.5. The van der Waals surface area contributed by atoms with Crippen LogP contribution < -0.4 is 10.1 Å². The van der Waals surface area contributed by atoms with Gasteiger partial charge in [0.15, 0.2) is 6.61 Å². The van der Waals surface area contributed by atoms with Gasteiger partial charge >= 0.3 is 0 Å². The minimum Gasteiger partial charge on any atom is -0.484 e. The minimum atomic E-state index is -0.657. The van der Waals surface area contributed by atoms with Crippen LogP contribution >= 0.6 is 15.9 Å². The maximum absolute atomic E-state index is 13.4. The highest BCUT2D eigenvalue weighted by Gasteiger charge is 2.30. The number of rotatable bonds is 10. The first-order valence-electron chi connectivity index (χ1n) is 11.0. The van der Waals surface area contributed by atoms with Gasteiger partial charge in [0.05, 0.1) is 0 Å². The maximum Gasteiger partial charge on any atom is 0.261 e. The third kappa shape index (κ3) is 7.19. The fourth-order valence-electron chi connectivity index (χ4n) is 3.56. The van der Waals surface area contributed by atoms with Crippen LogP contribution in [0.15, 0.2) is 83.3 Å². The summed E-state index contributed by atoms with van der Waals surface area (Å²) >= 11 is 3.48. The summed E-state index contributed by atoms with van der Waals surface area (Å²) in [4.78, 5) is 28.1. The average Bonchev–Trinajstić information content (AvgIpc) is 2.83. The van der Waals surface area contributed by atoms with Crippen molar-refractivity contribution in [3.8, 4) is 5.75 Å². The number of likely N-dealkylation sites (N-methyl/N-ethyl adjacent to an activating group) is 1. The molecule has 0 spiro atoms. The topological polar surface area (TPSA) is 58.6 Å². The Hall–Kier alpha value is -3.12. The second-order valence-corrected chi connectivity index (χ2v) is 8.66. The summed E-state index contributed by atoms with van der Waals surface area (Å²) in [6.07, 6.45) is 0.419. The van der Waals surface area contributed by atoms with Gasteiger partial charge in [0, 0.05) is 24.0 Å². The van der Waals surface area contributed by atoms with Crippen molar-refractivity contribution in [3.05, 3.63) is 100 Å². The first-order valence-corrected chi connectivity index (χ1v) is 11.8. The Labute approximate surface area is 203 Å². The number of hydrogen-bond acceptors (Lipinski definition) is 3. The molecule has 0 fully saturated rings. The summed E-state index contributed by atoms with van der Waals surface area (Å²) < 4.78 is 6.80. The van der Waals surface area contributed by atoms with E-state index in [4.69, 9.17) is 4.74 Å². The number of amides is 2. The molecule has 0 saturated carbocycles. The summed E-state index contributed by atoms with van der Waals surface area (Å²) in [7, 11) is 0. The lowest BCUT2D eigenvalue weighted by molar-refractivity contribution is -0.142. The van der Waals surface area contributed by atoms with Crippen LogP contribution in [0, 0.1) is 6.92 Å². The lowest BCUT2D eigenvalue weighted by Gasteiger charge is -2.31. The lowest BCUT2D eigenvalue weighted by atomic mass is 10.0. The first kappa shape index (κ1) is 24.5. The number of hydrogen-bond donors (Lipinski definition) is 1. The third-order valence-electron chi connectivity index (χ3n) is 5.31. The largest absolute Gasteiger partial charge is 0.484 e. The van der Waals surface area contributed by atoms with E-state index >= 15 is 0 Å². The highest BCUT2D eigenvalue weighted by Crippen LogP contribution is 2.22. The fourth-order valence-corrected chi connectivity index (χ4v) is 3.81. The molecule has 1 N–H and O–H groups in total. The zero-order valence-electron chi connectivity index (χ0n) is 19.0. The van der Waals surface area contributed by atoms with Crippen molar-refractivity contribution in [2.24, 2.45) is 0 Å². The van der Waals surface area contributed by atoms with Crippen LogP contribution in [0.5, 0.6) is 5.75 Å². The van der Waals surface area contributed by atoms with Crippen molar-refractivity contribution < 1.29 is 14.3 Å². The van der Waals surface area contributed by atoms with Crippen LogP contribution in [0.4, 0.5) is 0 Å². The van der Waals surface area contributed by atoms with Gasteiger partial charge in [-0.15, -0.1) is 0 Å². The zero-order chi connectivity index (χ0) is 23.6. The quantitative estimate of drug-likeness (QED) is 0.423. The molecule has 33 heavy (non-hydrogen) atoms. The van der Waals surface area contributed by atoms with Gasteiger partial charge < -0.3 is 15.0 Å². The molecule has 172 valence electrons. The van der Waals surface area contributed by atoms with Gasteiger partial charge in [-0.05, 0) is 48.7 Å². The van der Waals surface area contributed by atoms with Crippen molar-refractivity contribution in [1.29, 1.82) is 0 Å². The number of aryl methyl sites for hydroxylation is 1. The number of nitrogens with zero attached hydrogens (tertiary/aromatic N) is 1. The lowest BCUT2D eigenvalue weighted by Crippen LogP contribution is -2.51. The highest BCUT2D eigenvalue weighted by molar-refractivity contribution is 9.10. The standard InChI is InChI=1S/C27H29BrN2O3/c1-3-29-27(32)25(17-21-10-6-4-7-11-21)30(18-22-12-8-5-9-13-22)26(31)19-33-23-14-15-24(28)20(2)16-23/h4-16,25H,3,17-19H2,1-2H3,(H,29,32)/t25-/m0/s1. The molecule has 3 aromatic rings. The van der Waals surface area contributed by atoms with Crippen LogP contribution in [0.1, 0.15) is 23.6 Å². The monoisotopic (exact) mass is 508 g/mol. The van der Waals surface area contributed by atoms with Gasteiger partial charge in [-0.2, -0.15) is 0 Å². The van der Waals surface area contributed by atoms with Gasteiger partial charge in [0.1, 0.15) is 11.8 Å². The van der Waals surface area contributed by atoms with Gasteiger partial charge in [-0.25, -0.2) is 0 Å². The molecule has 0 aliphatic heterocycles. The molecule has 3 aromatic carbocycles. The molecule has 2 amide bonds. The Balaban J connectivity index is 1.86. The second-order valence-electron chi connectivity index (χ2n) is 7.81. The number of halogens is 1. The molecule has 0 heterocycles. The number of carbonyl (C=O) groups is 2. The Morgan fingerprint density at radius 2 is 1.61 bits per heavy atom. The maximum atomic E-state index is 13.4. The number of benzene rings is 3. The smallest absolute Gasteiger partial charge is 0.261 e. The molecule has 0 saturated heterocycles. The summed E-state index contributed by atoms with van der Waals surface area (Å²) in [6.45, 7) is 4.49. The van der Waals surface area contributed by atoms with Crippen LogP contribution in [0.3, 0.4) is 0 Å². The summed E-state index contributed by atoms with van der Waals surface area (Å²) in [6, 6.07) is 24.4. The van der Waals surface area contributed by atoms with E-state index in [1.807, 2.05) is 92.7 Å². The van der Waals surface area contributed by atoms with E-state index in [1.54, 1.807) is 4.90 Å². The molecular formula is C27H29BrN2O3. The fraction of sp³-hybridized carbons (Fsp3) is 0.259. The number of ether oxygens (including phenoxy) is 1. The predicted molar refractivity (Wildman–Crippen MR) is 134 cm³/mol. The Bertz CT molecular complexity index is 1060. The Morgan fingerprint density at radius 3 is 2.21 bits per heavy atom. The highest BCUT2D eigenvalue weighted by atomic mass is 79.9. The van der Waals surface area contributed by atoms with Crippen molar-refractivity contribution in [2.45, 2.75) is 32.9 Å². The van der Waals surface area contributed by atoms with Gasteiger partial charge in [-0.1, -0.05) is 76.6 Å². The third-order valence-corrected chi connectivity index (χ3v) is 6.20. The van der Waals surface area contributed by atoms with Crippen molar-refractivity contribution in [3.63, 3.8) is 0 Å². The molecule has 0 bridgehead atoms. The van der Waals surface area contributed by atoms with E-state index in [0.29, 0.717) is 25.3 Å². The van der Waals surface area contributed by atoms with E-state index in [1.165, 1.54) is 0 Å². The molecule has 0 aromatic heterocycles. The molecule has 6 heteroatoms. The molecule has 0 aliphatic carbocycles. The molecule has 5 nitrogen and oxygen atoms in total. The Kier molecular flexibility index (Phi) is 9.07. The number of nitrogens with one attached hydrogen (secondary N) is 1. The van der Waals surface area contributed by atoms with Crippen LogP contribution in [0.25, 0.3) is 0 Å². The van der Waals surface area contributed by atoms with Crippen molar-refractivity contribution >= 4 is 27.7 Å². The van der Waals surface area contributed by atoms with Crippen LogP contribution in [-0.2, 0) is 22.6 Å². The molecule has 1 atom stereocenters. The molecular weight excluding hydrogens is 480 g/mol. The first-order chi connectivity index (χ1) is 16.0. The average molecular weight is 509 g/mol. The van der Waals surface area contributed by atoms with E-state index < -0.39 is 6.04 Å². The normalized spacial score (nSPS) is 11.5. The van der Waals surface area contributed by atoms with Crippen molar-refractivity contribution in [1.82, 2.24) is 10.2 Å².